The zero-order valence-corrected chi connectivity index (χ0v) is 24.1. The van der Waals surface area contributed by atoms with Gasteiger partial charge in [0.25, 0.3) is 0 Å². The number of nitrogens with one attached hydrogen (secondary N) is 3. The zero-order valence-electron chi connectivity index (χ0n) is 24.1. The predicted molar refractivity (Wildman–Crippen MR) is 153 cm³/mol. The van der Waals surface area contributed by atoms with E-state index in [0.717, 1.165) is 6.07 Å². The Bertz CT molecular complexity index is 1420. The van der Waals surface area contributed by atoms with Gasteiger partial charge in [0.05, 0.1) is 44.2 Å². The number of ether oxygens (including phenoxy) is 3. The highest BCUT2D eigenvalue weighted by molar-refractivity contribution is 5.92. The van der Waals surface area contributed by atoms with Crippen LogP contribution in [-0.4, -0.2) is 66.4 Å². The standard InChI is InChI=1S/C29H36F2N6O4/c1-8-22(38)34-17-9-10-41-14-19(17)36-28-32-13-16-11-18(23-24(30)20(39-6)12-21(40-7)25(23)31)35-27(26(16)37-28)33-15(2)29(3,4)5/h8,11-13,15,17,19H,1,9-10,14H2,2-7H3,(H,33,35)(H,34,38)(H,32,36,37)/t15?,17?,19-/m1/s1. The van der Waals surface area contributed by atoms with Crippen molar-refractivity contribution in [3.63, 3.8) is 0 Å². The van der Waals surface area contributed by atoms with E-state index in [-0.39, 0.29) is 52.6 Å². The van der Waals surface area contributed by atoms with Gasteiger partial charge in [-0.15, -0.1) is 0 Å². The molecule has 0 spiro atoms. The van der Waals surface area contributed by atoms with Crippen LogP contribution < -0.4 is 25.4 Å². The molecule has 0 saturated carbocycles. The topological polar surface area (TPSA) is 120 Å². The van der Waals surface area contributed by atoms with Crippen molar-refractivity contribution in [2.24, 2.45) is 5.41 Å². The number of carbonyl (C=O) groups excluding carboxylic acids is 1. The van der Waals surface area contributed by atoms with Gasteiger partial charge in [0.2, 0.25) is 11.9 Å². The van der Waals surface area contributed by atoms with Crippen molar-refractivity contribution >= 4 is 28.6 Å². The van der Waals surface area contributed by atoms with Crippen molar-refractivity contribution in [3.8, 4) is 22.8 Å². The molecule has 41 heavy (non-hydrogen) atoms. The zero-order chi connectivity index (χ0) is 29.9. The number of pyridine rings is 1. The smallest absolute Gasteiger partial charge is 0.243 e. The number of methoxy groups -OCH3 is 2. The number of aromatic nitrogens is 3. The number of hydrogen-bond donors (Lipinski definition) is 3. The van der Waals surface area contributed by atoms with Gasteiger partial charge in [-0.2, -0.15) is 0 Å². The summed E-state index contributed by atoms with van der Waals surface area (Å²) < 4.78 is 46.7. The van der Waals surface area contributed by atoms with E-state index in [1.54, 1.807) is 6.20 Å². The first kappa shape index (κ1) is 29.9. The molecule has 4 rings (SSSR count). The highest BCUT2D eigenvalue weighted by Gasteiger charge is 2.29. The molecule has 1 aliphatic rings. The molecule has 1 saturated heterocycles. The third kappa shape index (κ3) is 6.48. The molecule has 0 bridgehead atoms. The summed E-state index contributed by atoms with van der Waals surface area (Å²) in [6, 6.07) is 2.05. The predicted octanol–water partition coefficient (Wildman–Crippen LogP) is 4.71. The molecule has 2 unspecified atom stereocenters. The normalized spacial score (nSPS) is 18.0. The molecule has 3 N–H and O–H groups in total. The first-order chi connectivity index (χ1) is 19.5. The first-order valence-corrected chi connectivity index (χ1v) is 13.3. The summed E-state index contributed by atoms with van der Waals surface area (Å²) in [5.74, 6) is -1.85. The largest absolute Gasteiger partial charge is 0.494 e. The van der Waals surface area contributed by atoms with Crippen molar-refractivity contribution in [1.82, 2.24) is 20.3 Å². The summed E-state index contributed by atoms with van der Waals surface area (Å²) in [7, 11) is 2.58. The Morgan fingerprint density at radius 3 is 2.44 bits per heavy atom. The molecule has 1 aliphatic heterocycles. The summed E-state index contributed by atoms with van der Waals surface area (Å²) in [5, 5.41) is 10.0. The Balaban J connectivity index is 1.82. The van der Waals surface area contributed by atoms with Crippen LogP contribution >= 0.6 is 0 Å². The number of fused-ring (bicyclic) bond motifs is 1. The molecule has 1 aromatic carbocycles. The maximum atomic E-state index is 15.4. The first-order valence-electron chi connectivity index (χ1n) is 13.3. The van der Waals surface area contributed by atoms with E-state index in [2.05, 4.69) is 53.3 Å². The van der Waals surface area contributed by atoms with Gasteiger partial charge in [-0.1, -0.05) is 27.4 Å². The molecule has 220 valence electrons. The van der Waals surface area contributed by atoms with Gasteiger partial charge in [0.1, 0.15) is 5.52 Å². The minimum Gasteiger partial charge on any atom is -0.494 e. The lowest BCUT2D eigenvalue weighted by molar-refractivity contribution is -0.117. The third-order valence-corrected chi connectivity index (χ3v) is 7.23. The molecule has 3 atom stereocenters. The second kappa shape index (κ2) is 12.2. The second-order valence-corrected chi connectivity index (χ2v) is 10.9. The number of carbonyl (C=O) groups is 1. The van der Waals surface area contributed by atoms with Crippen LogP contribution in [0.5, 0.6) is 11.5 Å². The molecular formula is C29H36F2N6O4. The van der Waals surface area contributed by atoms with Crippen LogP contribution in [0.15, 0.2) is 31.0 Å². The van der Waals surface area contributed by atoms with Crippen molar-refractivity contribution < 1.29 is 27.8 Å². The molecule has 1 amide bonds. The highest BCUT2D eigenvalue weighted by atomic mass is 19.1. The van der Waals surface area contributed by atoms with Gasteiger partial charge in [0, 0.05) is 30.3 Å². The maximum absolute atomic E-state index is 15.4. The van der Waals surface area contributed by atoms with Crippen molar-refractivity contribution in [1.29, 1.82) is 0 Å². The van der Waals surface area contributed by atoms with Crippen molar-refractivity contribution in [2.75, 3.05) is 38.1 Å². The fourth-order valence-electron chi connectivity index (χ4n) is 4.33. The van der Waals surface area contributed by atoms with Crippen LogP contribution in [0.4, 0.5) is 20.5 Å². The van der Waals surface area contributed by atoms with Crippen molar-refractivity contribution in [3.05, 3.63) is 42.6 Å². The molecule has 10 nitrogen and oxygen atoms in total. The van der Waals surface area contributed by atoms with E-state index in [9.17, 15) is 4.79 Å². The van der Waals surface area contributed by atoms with Gasteiger partial charge in [0.15, 0.2) is 29.0 Å². The minimum absolute atomic E-state index is 0.0190. The molecule has 2 aromatic heterocycles. The van der Waals surface area contributed by atoms with Gasteiger partial charge >= 0.3 is 0 Å². The Hall–Kier alpha value is -4.06. The highest BCUT2D eigenvalue weighted by Crippen LogP contribution is 2.39. The summed E-state index contributed by atoms with van der Waals surface area (Å²) in [4.78, 5) is 25.7. The number of nitrogens with zero attached hydrogens (tertiary/aromatic N) is 3. The van der Waals surface area contributed by atoms with Crippen LogP contribution in [0.1, 0.15) is 34.1 Å². The summed E-state index contributed by atoms with van der Waals surface area (Å²) in [5.41, 5.74) is -0.104. The quantitative estimate of drug-likeness (QED) is 0.314. The molecule has 3 aromatic rings. The van der Waals surface area contributed by atoms with E-state index >= 15 is 8.78 Å². The van der Waals surface area contributed by atoms with Crippen LogP contribution in [0.25, 0.3) is 22.2 Å². The SMILES string of the molecule is C=CC(=O)NC1CCOC[C@H]1Nc1ncc2cc(-c3c(F)c(OC)cc(OC)c3F)nc(NC(C)C(C)(C)C)c2n1. The lowest BCUT2D eigenvalue weighted by Crippen LogP contribution is -2.52. The van der Waals surface area contributed by atoms with E-state index in [1.807, 2.05) is 6.92 Å². The van der Waals surface area contributed by atoms with Crippen molar-refractivity contribution in [2.45, 2.75) is 52.2 Å². The summed E-state index contributed by atoms with van der Waals surface area (Å²) in [6.07, 6.45) is 3.38. The Morgan fingerprint density at radius 1 is 1.15 bits per heavy atom. The van der Waals surface area contributed by atoms with Crippen LogP contribution in [0.2, 0.25) is 0 Å². The van der Waals surface area contributed by atoms with E-state index < -0.39 is 17.2 Å². The summed E-state index contributed by atoms with van der Waals surface area (Å²) >= 11 is 0. The summed E-state index contributed by atoms with van der Waals surface area (Å²) in [6.45, 7) is 12.5. The number of anilines is 2. The fraction of sp³-hybridized carbons (Fsp3) is 0.448. The average Bonchev–Trinajstić information content (AvgIpc) is 2.94. The molecular weight excluding hydrogens is 534 g/mol. The van der Waals surface area contributed by atoms with Crippen LogP contribution in [-0.2, 0) is 9.53 Å². The third-order valence-electron chi connectivity index (χ3n) is 7.23. The Morgan fingerprint density at radius 2 is 1.83 bits per heavy atom. The lowest BCUT2D eigenvalue weighted by atomic mass is 9.88. The van der Waals surface area contributed by atoms with Crippen LogP contribution in [0, 0.1) is 17.0 Å². The van der Waals surface area contributed by atoms with E-state index in [1.165, 1.54) is 26.4 Å². The van der Waals surface area contributed by atoms with Gasteiger partial charge in [-0.3, -0.25) is 4.79 Å². The monoisotopic (exact) mass is 570 g/mol. The van der Waals surface area contributed by atoms with Crippen LogP contribution in [0.3, 0.4) is 0 Å². The average molecular weight is 571 g/mol. The number of rotatable bonds is 9. The molecule has 0 aliphatic carbocycles. The second-order valence-electron chi connectivity index (χ2n) is 10.9. The number of hydrogen-bond acceptors (Lipinski definition) is 9. The van der Waals surface area contributed by atoms with E-state index in [4.69, 9.17) is 19.2 Å². The number of halogens is 2. The molecule has 12 heteroatoms. The number of benzene rings is 1. The Kier molecular flexibility index (Phi) is 8.91. The molecule has 3 heterocycles. The van der Waals surface area contributed by atoms with Gasteiger partial charge in [-0.25, -0.2) is 23.7 Å². The van der Waals surface area contributed by atoms with Gasteiger partial charge < -0.3 is 30.2 Å². The minimum atomic E-state index is -0.906. The maximum Gasteiger partial charge on any atom is 0.243 e. The fourth-order valence-corrected chi connectivity index (χ4v) is 4.33. The molecule has 0 radical (unpaired) electrons. The lowest BCUT2D eigenvalue weighted by Gasteiger charge is -2.32. The number of amides is 1. The van der Waals surface area contributed by atoms with E-state index in [0.29, 0.717) is 36.4 Å². The Labute approximate surface area is 237 Å². The molecule has 1 fully saturated rings. The van der Waals surface area contributed by atoms with Gasteiger partial charge in [-0.05, 0) is 30.9 Å².